The van der Waals surface area contributed by atoms with Gasteiger partial charge in [-0.1, -0.05) is 0 Å². The Labute approximate surface area is 110 Å². The molecule has 0 unspecified atom stereocenters. The van der Waals surface area contributed by atoms with Gasteiger partial charge in [0.1, 0.15) is 17.2 Å². The molecule has 2 rings (SSSR count). The van der Waals surface area contributed by atoms with Gasteiger partial charge < -0.3 is 10.5 Å². The highest BCUT2D eigenvalue weighted by molar-refractivity contribution is 5.93. The van der Waals surface area contributed by atoms with Gasteiger partial charge in [0.25, 0.3) is 0 Å². The van der Waals surface area contributed by atoms with E-state index in [1.165, 1.54) is 16.9 Å². The number of nitrogens with two attached hydrogens (primary N) is 1. The molecule has 0 bridgehead atoms. The number of hydrogen-bond donors (Lipinski definition) is 1. The molecule has 0 amide bonds. The Morgan fingerprint density at radius 2 is 2.21 bits per heavy atom. The lowest BCUT2D eigenvalue weighted by Gasteiger charge is -2.09. The van der Waals surface area contributed by atoms with Crippen LogP contribution in [0.1, 0.15) is 28.9 Å². The summed E-state index contributed by atoms with van der Waals surface area (Å²) in [6.07, 6.45) is 1.47. The summed E-state index contributed by atoms with van der Waals surface area (Å²) in [5, 5.41) is 4.21. The van der Waals surface area contributed by atoms with Gasteiger partial charge in [0, 0.05) is 0 Å². The third-order valence-corrected chi connectivity index (χ3v) is 2.46. The lowest BCUT2D eigenvalue weighted by molar-refractivity contribution is 0.0526. The summed E-state index contributed by atoms with van der Waals surface area (Å²) < 4.78 is 6.50. The number of carbonyl (C=O) groups excluding carboxylic acids is 1. The lowest BCUT2D eigenvalue weighted by Crippen LogP contribution is -2.13. The minimum absolute atomic E-state index is 0.273. The minimum Gasteiger partial charge on any atom is -0.462 e. The Morgan fingerprint density at radius 3 is 2.79 bits per heavy atom. The summed E-state index contributed by atoms with van der Waals surface area (Å²) in [4.78, 5) is 20.3. The molecule has 7 heteroatoms. The molecule has 7 nitrogen and oxygen atoms in total. The molecule has 0 aliphatic carbocycles. The molecule has 0 saturated heterocycles. The van der Waals surface area contributed by atoms with Crippen LogP contribution in [0.5, 0.6) is 0 Å². The Kier molecular flexibility index (Phi) is 3.46. The summed E-state index contributed by atoms with van der Waals surface area (Å²) in [7, 11) is 0. The largest absolute Gasteiger partial charge is 0.462 e. The van der Waals surface area contributed by atoms with E-state index in [4.69, 9.17) is 10.5 Å². The van der Waals surface area contributed by atoms with Crippen molar-refractivity contribution < 1.29 is 9.53 Å². The number of rotatable bonds is 3. The fourth-order valence-electron chi connectivity index (χ4n) is 1.72. The van der Waals surface area contributed by atoms with Crippen LogP contribution in [0, 0.1) is 13.8 Å². The zero-order chi connectivity index (χ0) is 14.0. The number of aryl methyl sites for hydroxylation is 2. The summed E-state index contributed by atoms with van der Waals surface area (Å²) in [6.45, 7) is 5.57. The molecule has 2 heterocycles. The Bertz CT molecular complexity index is 621. The van der Waals surface area contributed by atoms with Crippen LogP contribution in [0.3, 0.4) is 0 Å². The molecule has 0 aliphatic heterocycles. The van der Waals surface area contributed by atoms with Crippen molar-refractivity contribution in [2.75, 3.05) is 12.3 Å². The molecule has 0 fully saturated rings. The van der Waals surface area contributed by atoms with E-state index >= 15 is 0 Å². The van der Waals surface area contributed by atoms with Crippen LogP contribution < -0.4 is 5.73 Å². The third-order valence-electron chi connectivity index (χ3n) is 2.46. The quantitative estimate of drug-likeness (QED) is 0.829. The van der Waals surface area contributed by atoms with E-state index in [0.29, 0.717) is 23.2 Å². The summed E-state index contributed by atoms with van der Waals surface area (Å²) >= 11 is 0. The van der Waals surface area contributed by atoms with Crippen molar-refractivity contribution in [2.45, 2.75) is 20.8 Å². The van der Waals surface area contributed by atoms with Crippen LogP contribution in [0.2, 0.25) is 0 Å². The average Bonchev–Trinajstić information content (AvgIpc) is 2.68. The molecular weight excluding hydrogens is 246 g/mol. The number of ether oxygens (including phenoxy) is 1. The van der Waals surface area contributed by atoms with Crippen LogP contribution in [0.15, 0.2) is 12.3 Å². The number of carbonyl (C=O) groups is 1. The van der Waals surface area contributed by atoms with Crippen molar-refractivity contribution in [2.24, 2.45) is 0 Å². The second-order valence-electron chi connectivity index (χ2n) is 3.98. The predicted molar refractivity (Wildman–Crippen MR) is 69.0 cm³/mol. The van der Waals surface area contributed by atoms with E-state index in [1.54, 1.807) is 20.8 Å². The van der Waals surface area contributed by atoms with E-state index in [1.807, 2.05) is 0 Å². The van der Waals surface area contributed by atoms with Crippen LogP contribution in [0.4, 0.5) is 5.69 Å². The molecule has 2 N–H and O–H groups in total. The van der Waals surface area contributed by atoms with Gasteiger partial charge in [-0.05, 0) is 26.8 Å². The molecular formula is C12H15N5O2. The molecule has 19 heavy (non-hydrogen) atoms. The van der Waals surface area contributed by atoms with Crippen molar-refractivity contribution in [1.29, 1.82) is 0 Å². The molecule has 2 aromatic rings. The number of anilines is 1. The van der Waals surface area contributed by atoms with Crippen molar-refractivity contribution >= 4 is 11.7 Å². The second-order valence-corrected chi connectivity index (χ2v) is 3.98. The number of aromatic nitrogens is 4. The molecule has 2 aromatic heterocycles. The number of hydrogen-bond acceptors (Lipinski definition) is 6. The summed E-state index contributed by atoms with van der Waals surface area (Å²) in [5.41, 5.74) is 6.33. The molecule has 0 saturated carbocycles. The Balaban J connectivity index is 2.57. The zero-order valence-electron chi connectivity index (χ0n) is 11.0. The topological polar surface area (TPSA) is 95.9 Å². The van der Waals surface area contributed by atoms with Gasteiger partial charge in [-0.25, -0.2) is 14.8 Å². The smallest absolute Gasteiger partial charge is 0.342 e. The average molecular weight is 261 g/mol. The zero-order valence-corrected chi connectivity index (χ0v) is 11.0. The Hall–Kier alpha value is -2.44. The van der Waals surface area contributed by atoms with Gasteiger partial charge >= 0.3 is 5.97 Å². The number of pyridine rings is 1. The van der Waals surface area contributed by atoms with Gasteiger partial charge in [0.15, 0.2) is 5.82 Å². The van der Waals surface area contributed by atoms with Crippen molar-refractivity contribution in [3.8, 4) is 5.82 Å². The van der Waals surface area contributed by atoms with Gasteiger partial charge in [-0.15, -0.1) is 5.10 Å². The third kappa shape index (κ3) is 2.54. The first-order chi connectivity index (χ1) is 9.02. The maximum Gasteiger partial charge on any atom is 0.342 e. The first kappa shape index (κ1) is 13.0. The lowest BCUT2D eigenvalue weighted by atomic mass is 10.2. The highest BCUT2D eigenvalue weighted by atomic mass is 16.5. The monoisotopic (exact) mass is 261 g/mol. The number of nitrogens with zero attached hydrogens (tertiary/aromatic N) is 4. The highest BCUT2D eigenvalue weighted by Gasteiger charge is 2.18. The number of esters is 1. The van der Waals surface area contributed by atoms with Crippen molar-refractivity contribution in [1.82, 2.24) is 19.7 Å². The Morgan fingerprint density at radius 1 is 1.47 bits per heavy atom. The predicted octanol–water partition coefficient (Wildman–Crippen LogP) is 1.04. The number of nitrogen functional groups attached to an aromatic ring is 1. The van der Waals surface area contributed by atoms with E-state index < -0.39 is 5.97 Å². The standard InChI is InChI=1S/C12H15N5O2/c1-4-19-12(18)10-5-9(13)6-14-11(10)17-8(3)15-7(2)16-17/h5-6H,4,13H2,1-3H3. The molecule has 0 radical (unpaired) electrons. The molecule has 0 aromatic carbocycles. The SMILES string of the molecule is CCOC(=O)c1cc(N)cnc1-n1nc(C)nc1C. The van der Waals surface area contributed by atoms with E-state index in [2.05, 4.69) is 15.1 Å². The van der Waals surface area contributed by atoms with E-state index in [9.17, 15) is 4.79 Å². The summed E-state index contributed by atoms with van der Waals surface area (Å²) in [6, 6.07) is 1.52. The fourth-order valence-corrected chi connectivity index (χ4v) is 1.72. The molecule has 0 aliphatic rings. The van der Waals surface area contributed by atoms with Crippen LogP contribution >= 0.6 is 0 Å². The van der Waals surface area contributed by atoms with Gasteiger partial charge in [0.2, 0.25) is 0 Å². The minimum atomic E-state index is -0.482. The molecule has 0 spiro atoms. The van der Waals surface area contributed by atoms with E-state index in [0.717, 1.165) is 0 Å². The molecule has 0 atom stereocenters. The summed E-state index contributed by atoms with van der Waals surface area (Å²) in [5.74, 6) is 1.13. The molecule has 100 valence electrons. The van der Waals surface area contributed by atoms with Crippen molar-refractivity contribution in [3.63, 3.8) is 0 Å². The van der Waals surface area contributed by atoms with Crippen molar-refractivity contribution in [3.05, 3.63) is 29.5 Å². The van der Waals surface area contributed by atoms with Crippen LogP contribution in [0.25, 0.3) is 5.82 Å². The van der Waals surface area contributed by atoms with E-state index in [-0.39, 0.29) is 12.2 Å². The second kappa shape index (κ2) is 5.05. The normalized spacial score (nSPS) is 10.5. The van der Waals surface area contributed by atoms with Crippen LogP contribution in [-0.4, -0.2) is 32.3 Å². The fraction of sp³-hybridized carbons (Fsp3) is 0.333. The maximum atomic E-state index is 11.9. The highest BCUT2D eigenvalue weighted by Crippen LogP contribution is 2.17. The van der Waals surface area contributed by atoms with Gasteiger partial charge in [-0.3, -0.25) is 0 Å². The van der Waals surface area contributed by atoms with Gasteiger partial charge in [-0.2, -0.15) is 4.68 Å². The first-order valence-electron chi connectivity index (χ1n) is 5.86. The van der Waals surface area contributed by atoms with Gasteiger partial charge in [0.05, 0.1) is 18.5 Å². The van der Waals surface area contributed by atoms with Crippen LogP contribution in [-0.2, 0) is 4.74 Å². The maximum absolute atomic E-state index is 11.9. The first-order valence-corrected chi connectivity index (χ1v) is 5.86.